The Kier molecular flexibility index (Phi) is 6.49. The summed E-state index contributed by atoms with van der Waals surface area (Å²) in [4.78, 5) is 29.1. The molecule has 0 amide bonds. The van der Waals surface area contributed by atoms with Gasteiger partial charge in [0.1, 0.15) is 5.82 Å². The third-order valence-electron chi connectivity index (χ3n) is 4.02. The summed E-state index contributed by atoms with van der Waals surface area (Å²) in [5.74, 6) is 0.593. The number of hydrogen-bond donors (Lipinski definition) is 0. The molecule has 1 aromatic heterocycles. The number of hydrogen-bond acceptors (Lipinski definition) is 6. The maximum absolute atomic E-state index is 13.0. The van der Waals surface area contributed by atoms with Gasteiger partial charge in [0.05, 0.1) is 24.2 Å². The van der Waals surface area contributed by atoms with Crippen LogP contribution in [-0.4, -0.2) is 29.0 Å². The van der Waals surface area contributed by atoms with Crippen molar-refractivity contribution in [2.24, 2.45) is 5.10 Å². The van der Waals surface area contributed by atoms with Gasteiger partial charge < -0.3 is 9.47 Å². The molecule has 0 N–H and O–H groups in total. The summed E-state index contributed by atoms with van der Waals surface area (Å²) in [6, 6.07) is 8.72. The topological polar surface area (TPSA) is 82.8 Å². The number of fused-ring (bicyclic) bond motifs is 1. The van der Waals surface area contributed by atoms with E-state index in [0.717, 1.165) is 4.47 Å². The summed E-state index contributed by atoms with van der Waals surface area (Å²) in [6.07, 6.45) is 1.95. The molecular weight excluding hydrogens is 506 g/mol. The SMILES string of the molecule is CCc1nc2ccc(Br)cc2c(=O)n1N=Cc1cc(Br)cc(OC)c1OC(C)=O. The number of esters is 1. The van der Waals surface area contributed by atoms with Crippen LogP contribution in [0, 0.1) is 0 Å². The minimum atomic E-state index is -0.496. The van der Waals surface area contributed by atoms with Crippen molar-refractivity contribution in [3.05, 3.63) is 61.0 Å². The average Bonchev–Trinajstić information content (AvgIpc) is 2.68. The highest BCUT2D eigenvalue weighted by Crippen LogP contribution is 2.34. The lowest BCUT2D eigenvalue weighted by Gasteiger charge is -2.12. The summed E-state index contributed by atoms with van der Waals surface area (Å²) in [5.41, 5.74) is 0.779. The first-order valence-electron chi connectivity index (χ1n) is 8.65. The molecule has 7 nitrogen and oxygen atoms in total. The van der Waals surface area contributed by atoms with Crippen molar-refractivity contribution in [1.29, 1.82) is 0 Å². The van der Waals surface area contributed by atoms with Crippen molar-refractivity contribution in [2.75, 3.05) is 7.11 Å². The zero-order valence-corrected chi connectivity index (χ0v) is 19.1. The van der Waals surface area contributed by atoms with E-state index in [-0.39, 0.29) is 11.3 Å². The molecule has 0 fully saturated rings. The molecule has 0 bridgehead atoms. The number of carbonyl (C=O) groups is 1. The molecule has 0 radical (unpaired) electrons. The molecule has 0 saturated heterocycles. The van der Waals surface area contributed by atoms with Crippen LogP contribution in [0.1, 0.15) is 25.2 Å². The molecule has 0 unspecified atom stereocenters. The number of aryl methyl sites for hydroxylation is 1. The van der Waals surface area contributed by atoms with E-state index in [4.69, 9.17) is 9.47 Å². The van der Waals surface area contributed by atoms with Crippen molar-refractivity contribution in [1.82, 2.24) is 9.66 Å². The maximum Gasteiger partial charge on any atom is 0.308 e. The number of carbonyl (C=O) groups excluding carboxylic acids is 1. The molecule has 1 heterocycles. The first-order chi connectivity index (χ1) is 13.8. The quantitative estimate of drug-likeness (QED) is 0.283. The standard InChI is InChI=1S/C20H17Br2N3O4/c1-4-18-24-16-6-5-13(21)8-15(16)20(27)25(18)23-10-12-7-14(22)9-17(28-3)19(12)29-11(2)26/h5-10H,4H2,1-3H3. The molecule has 150 valence electrons. The summed E-state index contributed by atoms with van der Waals surface area (Å²) < 4.78 is 13.3. The van der Waals surface area contributed by atoms with Crippen LogP contribution in [-0.2, 0) is 11.2 Å². The van der Waals surface area contributed by atoms with Crippen LogP contribution in [0.5, 0.6) is 11.5 Å². The number of nitrogens with zero attached hydrogens (tertiary/aromatic N) is 3. The fourth-order valence-electron chi connectivity index (χ4n) is 2.75. The maximum atomic E-state index is 13.0. The Bertz CT molecular complexity index is 1190. The minimum Gasteiger partial charge on any atom is -0.493 e. The lowest BCUT2D eigenvalue weighted by Crippen LogP contribution is -2.22. The van der Waals surface area contributed by atoms with Gasteiger partial charge in [-0.1, -0.05) is 38.8 Å². The highest BCUT2D eigenvalue weighted by atomic mass is 79.9. The lowest BCUT2D eigenvalue weighted by atomic mass is 10.2. The summed E-state index contributed by atoms with van der Waals surface area (Å²) in [7, 11) is 1.47. The second-order valence-corrected chi connectivity index (χ2v) is 7.86. The largest absolute Gasteiger partial charge is 0.493 e. The molecular formula is C20H17Br2N3O4. The fraction of sp³-hybridized carbons (Fsp3) is 0.200. The Morgan fingerprint density at radius 2 is 2.00 bits per heavy atom. The smallest absolute Gasteiger partial charge is 0.308 e. The van der Waals surface area contributed by atoms with Crippen molar-refractivity contribution in [3.8, 4) is 11.5 Å². The first-order valence-corrected chi connectivity index (χ1v) is 10.2. The van der Waals surface area contributed by atoms with Crippen LogP contribution in [0.25, 0.3) is 10.9 Å². The van der Waals surface area contributed by atoms with E-state index in [0.29, 0.717) is 38.9 Å². The Balaban J connectivity index is 2.19. The molecule has 0 atom stereocenters. The molecule has 9 heteroatoms. The van der Waals surface area contributed by atoms with E-state index >= 15 is 0 Å². The van der Waals surface area contributed by atoms with Crippen molar-refractivity contribution < 1.29 is 14.3 Å². The fourth-order valence-corrected chi connectivity index (χ4v) is 3.57. The van der Waals surface area contributed by atoms with Crippen LogP contribution < -0.4 is 15.0 Å². The van der Waals surface area contributed by atoms with Gasteiger partial charge in [0.25, 0.3) is 5.56 Å². The van der Waals surface area contributed by atoms with Gasteiger partial charge in [0, 0.05) is 27.9 Å². The zero-order chi connectivity index (χ0) is 21.1. The molecule has 0 saturated carbocycles. The van der Waals surface area contributed by atoms with Gasteiger partial charge in [-0.3, -0.25) is 9.59 Å². The van der Waals surface area contributed by atoms with E-state index in [1.165, 1.54) is 24.9 Å². The van der Waals surface area contributed by atoms with Crippen molar-refractivity contribution >= 4 is 54.9 Å². The van der Waals surface area contributed by atoms with Crippen LogP contribution in [0.2, 0.25) is 0 Å². The van der Waals surface area contributed by atoms with Gasteiger partial charge in [0.15, 0.2) is 11.5 Å². The molecule has 0 aliphatic carbocycles. The second-order valence-electron chi connectivity index (χ2n) is 6.02. The van der Waals surface area contributed by atoms with E-state index in [9.17, 15) is 9.59 Å². The van der Waals surface area contributed by atoms with Gasteiger partial charge >= 0.3 is 5.97 Å². The predicted octanol–water partition coefficient (Wildman–Crippen LogP) is 4.30. The number of aromatic nitrogens is 2. The predicted molar refractivity (Wildman–Crippen MR) is 118 cm³/mol. The Hall–Kier alpha value is -2.52. The van der Waals surface area contributed by atoms with Gasteiger partial charge in [-0.15, -0.1) is 0 Å². The average molecular weight is 523 g/mol. The molecule has 3 rings (SSSR count). The van der Waals surface area contributed by atoms with Crippen LogP contribution in [0.3, 0.4) is 0 Å². The Morgan fingerprint density at radius 1 is 1.24 bits per heavy atom. The third kappa shape index (κ3) is 4.56. The highest BCUT2D eigenvalue weighted by molar-refractivity contribution is 9.10. The molecule has 2 aromatic carbocycles. The van der Waals surface area contributed by atoms with Crippen LogP contribution in [0.4, 0.5) is 0 Å². The summed E-state index contributed by atoms with van der Waals surface area (Å²) in [5, 5.41) is 4.79. The third-order valence-corrected chi connectivity index (χ3v) is 4.97. The lowest BCUT2D eigenvalue weighted by molar-refractivity contribution is -0.132. The Morgan fingerprint density at radius 3 is 2.66 bits per heavy atom. The van der Waals surface area contributed by atoms with Gasteiger partial charge in [-0.25, -0.2) is 4.98 Å². The van der Waals surface area contributed by atoms with Crippen molar-refractivity contribution in [3.63, 3.8) is 0 Å². The van der Waals surface area contributed by atoms with Gasteiger partial charge in [-0.2, -0.15) is 9.78 Å². The van der Waals surface area contributed by atoms with Crippen molar-refractivity contribution in [2.45, 2.75) is 20.3 Å². The normalized spacial score (nSPS) is 11.2. The number of rotatable bonds is 5. The molecule has 0 aliphatic rings. The monoisotopic (exact) mass is 521 g/mol. The zero-order valence-electron chi connectivity index (χ0n) is 15.9. The second kappa shape index (κ2) is 8.87. The minimum absolute atomic E-state index is 0.217. The van der Waals surface area contributed by atoms with Gasteiger partial charge in [-0.05, 0) is 30.3 Å². The number of ether oxygens (including phenoxy) is 2. The van der Waals surface area contributed by atoms with Crippen LogP contribution in [0.15, 0.2) is 49.2 Å². The Labute approximate surface area is 183 Å². The molecule has 0 spiro atoms. The van der Waals surface area contributed by atoms with Gasteiger partial charge in [0.2, 0.25) is 0 Å². The van der Waals surface area contributed by atoms with E-state index in [2.05, 4.69) is 41.9 Å². The van der Waals surface area contributed by atoms with E-state index in [1.807, 2.05) is 13.0 Å². The molecule has 29 heavy (non-hydrogen) atoms. The summed E-state index contributed by atoms with van der Waals surface area (Å²) >= 11 is 6.77. The number of benzene rings is 2. The highest BCUT2D eigenvalue weighted by Gasteiger charge is 2.15. The van der Waals surface area contributed by atoms with E-state index < -0.39 is 5.97 Å². The molecule has 3 aromatic rings. The first kappa shape index (κ1) is 21.2. The molecule has 0 aliphatic heterocycles. The van der Waals surface area contributed by atoms with E-state index in [1.54, 1.807) is 24.3 Å². The number of methoxy groups -OCH3 is 1. The summed E-state index contributed by atoms with van der Waals surface area (Å²) in [6.45, 7) is 3.19. The van der Waals surface area contributed by atoms with Crippen LogP contribution >= 0.6 is 31.9 Å². The number of halogens is 2.